The van der Waals surface area contributed by atoms with Gasteiger partial charge in [-0.25, -0.2) is 4.98 Å². The van der Waals surface area contributed by atoms with E-state index in [2.05, 4.69) is 18.8 Å². The average Bonchev–Trinajstić information content (AvgIpc) is 2.63. The van der Waals surface area contributed by atoms with Gasteiger partial charge < -0.3 is 5.73 Å². The number of thiazole rings is 1. The van der Waals surface area contributed by atoms with Crippen LogP contribution < -0.4 is 5.73 Å². The molecule has 1 aromatic heterocycles. The van der Waals surface area contributed by atoms with Gasteiger partial charge in [-0.05, 0) is 12.8 Å². The van der Waals surface area contributed by atoms with Crippen molar-refractivity contribution in [3.8, 4) is 0 Å². The topological polar surface area (TPSA) is 38.9 Å². The molecule has 4 heteroatoms. The third-order valence-electron chi connectivity index (χ3n) is 3.13. The highest BCUT2D eigenvalue weighted by Gasteiger charge is 2.52. The van der Waals surface area contributed by atoms with Gasteiger partial charge in [-0.3, -0.25) is 0 Å². The molecule has 2 rings (SSSR count). The Morgan fingerprint density at radius 1 is 1.62 bits per heavy atom. The van der Waals surface area contributed by atoms with Crippen LogP contribution in [0.3, 0.4) is 0 Å². The van der Waals surface area contributed by atoms with Crippen molar-refractivity contribution >= 4 is 22.9 Å². The molecule has 0 aromatic carbocycles. The summed E-state index contributed by atoms with van der Waals surface area (Å²) >= 11 is 7.34. The zero-order valence-electron chi connectivity index (χ0n) is 7.80. The number of halogens is 1. The van der Waals surface area contributed by atoms with E-state index in [4.69, 9.17) is 17.3 Å². The summed E-state index contributed by atoms with van der Waals surface area (Å²) < 4.78 is 0.604. The normalized spacial score (nSPS) is 20.3. The monoisotopic (exact) mass is 216 g/mol. The van der Waals surface area contributed by atoms with E-state index < -0.39 is 0 Å². The molecule has 1 fully saturated rings. The van der Waals surface area contributed by atoms with Crippen molar-refractivity contribution in [2.75, 3.05) is 0 Å². The number of nitrogens with zero attached hydrogens (tertiary/aromatic N) is 1. The van der Waals surface area contributed by atoms with Crippen LogP contribution in [-0.2, 0) is 5.41 Å². The maximum atomic E-state index is 6.20. The van der Waals surface area contributed by atoms with E-state index in [-0.39, 0.29) is 11.0 Å². The molecule has 1 saturated carbocycles. The molecule has 0 bridgehead atoms. The van der Waals surface area contributed by atoms with Crippen LogP contribution in [0.4, 0.5) is 0 Å². The Hall–Kier alpha value is -0.120. The van der Waals surface area contributed by atoms with E-state index in [1.165, 1.54) is 16.2 Å². The molecular formula is C9H13ClN2S. The molecule has 0 saturated heterocycles. The first-order valence-electron chi connectivity index (χ1n) is 4.36. The summed E-state index contributed by atoms with van der Waals surface area (Å²) in [7, 11) is 0. The molecule has 13 heavy (non-hydrogen) atoms. The second-order valence-corrected chi connectivity index (χ2v) is 5.87. The maximum Gasteiger partial charge on any atom is 0.183 e. The molecule has 1 aromatic rings. The molecule has 0 radical (unpaired) electrons. The highest BCUT2D eigenvalue weighted by Crippen LogP contribution is 2.50. The van der Waals surface area contributed by atoms with Gasteiger partial charge in [0.15, 0.2) is 4.47 Å². The van der Waals surface area contributed by atoms with Gasteiger partial charge in [0, 0.05) is 22.0 Å². The van der Waals surface area contributed by atoms with Crippen molar-refractivity contribution in [1.82, 2.24) is 4.98 Å². The zero-order chi connectivity index (χ0) is 9.69. The molecule has 1 aliphatic rings. The lowest BCUT2D eigenvalue weighted by molar-refractivity contribution is 0.398. The number of hydrogen-bond donors (Lipinski definition) is 1. The van der Waals surface area contributed by atoms with E-state index in [0.717, 1.165) is 12.8 Å². The predicted octanol–water partition coefficient (Wildman–Crippen LogP) is 2.57. The summed E-state index contributed by atoms with van der Waals surface area (Å²) in [5.74, 6) is 0. The van der Waals surface area contributed by atoms with Crippen LogP contribution in [0.5, 0.6) is 0 Å². The largest absolute Gasteiger partial charge is 0.324 e. The van der Waals surface area contributed by atoms with Crippen LogP contribution in [-0.4, -0.2) is 10.5 Å². The molecule has 72 valence electrons. The van der Waals surface area contributed by atoms with Crippen LogP contribution in [0.1, 0.15) is 31.6 Å². The van der Waals surface area contributed by atoms with Crippen LogP contribution in [0.2, 0.25) is 4.47 Å². The molecule has 0 aliphatic heterocycles. The Labute approximate surface area is 87.1 Å². The second-order valence-electron chi connectivity index (χ2n) is 4.26. The Kier molecular flexibility index (Phi) is 1.95. The highest BCUT2D eigenvalue weighted by atomic mass is 35.5. The lowest BCUT2D eigenvalue weighted by atomic mass is 9.81. The molecule has 0 unspecified atom stereocenters. The fourth-order valence-corrected chi connectivity index (χ4v) is 2.70. The Morgan fingerprint density at radius 2 is 2.23 bits per heavy atom. The van der Waals surface area contributed by atoms with Crippen molar-refractivity contribution in [3.63, 3.8) is 0 Å². The van der Waals surface area contributed by atoms with Gasteiger partial charge in [0.05, 0.1) is 0 Å². The second kappa shape index (κ2) is 2.69. The van der Waals surface area contributed by atoms with E-state index in [0.29, 0.717) is 4.47 Å². The first kappa shape index (κ1) is 9.44. The summed E-state index contributed by atoms with van der Waals surface area (Å²) in [4.78, 5) is 5.24. The van der Waals surface area contributed by atoms with Gasteiger partial charge in [0.1, 0.15) is 0 Å². The molecule has 1 heterocycles. The Bertz CT molecular complexity index is 328. The third-order valence-corrected chi connectivity index (χ3v) is 4.57. The predicted molar refractivity (Wildman–Crippen MR) is 56.3 cm³/mol. The Morgan fingerprint density at radius 3 is 2.62 bits per heavy atom. The smallest absolute Gasteiger partial charge is 0.183 e. The SMILES string of the molecule is CC(C)(c1cnc(Cl)s1)C1(N)CC1. The number of nitrogens with two attached hydrogens (primary N) is 1. The molecule has 0 amide bonds. The van der Waals surface area contributed by atoms with Crippen molar-refractivity contribution < 1.29 is 0 Å². The molecule has 0 atom stereocenters. The minimum atomic E-state index is -0.0249. The van der Waals surface area contributed by atoms with Crippen LogP contribution in [0.25, 0.3) is 0 Å². The maximum absolute atomic E-state index is 6.20. The van der Waals surface area contributed by atoms with Crippen molar-refractivity contribution in [2.24, 2.45) is 5.73 Å². The van der Waals surface area contributed by atoms with Crippen LogP contribution in [0, 0.1) is 0 Å². The lowest BCUT2D eigenvalue weighted by Gasteiger charge is -2.30. The van der Waals surface area contributed by atoms with Gasteiger partial charge in [0.2, 0.25) is 0 Å². The molecule has 2 nitrogen and oxygen atoms in total. The van der Waals surface area contributed by atoms with Crippen LogP contribution >= 0.6 is 22.9 Å². The van der Waals surface area contributed by atoms with Crippen molar-refractivity contribution in [1.29, 1.82) is 0 Å². The minimum absolute atomic E-state index is 0.0117. The number of aromatic nitrogens is 1. The summed E-state index contributed by atoms with van der Waals surface area (Å²) in [5.41, 5.74) is 6.19. The van der Waals surface area contributed by atoms with E-state index >= 15 is 0 Å². The first-order valence-corrected chi connectivity index (χ1v) is 5.56. The van der Waals surface area contributed by atoms with Gasteiger partial charge in [0.25, 0.3) is 0 Å². The third kappa shape index (κ3) is 1.39. The van der Waals surface area contributed by atoms with Gasteiger partial charge in [-0.15, -0.1) is 11.3 Å². The molecule has 1 aliphatic carbocycles. The Balaban J connectivity index is 2.34. The highest BCUT2D eigenvalue weighted by molar-refractivity contribution is 7.15. The summed E-state index contributed by atoms with van der Waals surface area (Å²) in [6, 6.07) is 0. The van der Waals surface area contributed by atoms with Crippen molar-refractivity contribution in [2.45, 2.75) is 37.6 Å². The summed E-state index contributed by atoms with van der Waals surface area (Å²) in [5, 5.41) is 0. The fraction of sp³-hybridized carbons (Fsp3) is 0.667. The summed E-state index contributed by atoms with van der Waals surface area (Å²) in [6.45, 7) is 4.34. The van der Waals surface area contributed by atoms with Gasteiger partial charge in [-0.2, -0.15) is 0 Å². The minimum Gasteiger partial charge on any atom is -0.324 e. The standard InChI is InChI=1S/C9H13ClN2S/c1-8(2,9(11)3-4-9)6-5-12-7(10)13-6/h5H,3-4,11H2,1-2H3. The fourth-order valence-electron chi connectivity index (χ4n) is 1.55. The van der Waals surface area contributed by atoms with Crippen molar-refractivity contribution in [3.05, 3.63) is 15.5 Å². The van der Waals surface area contributed by atoms with E-state index in [9.17, 15) is 0 Å². The van der Waals surface area contributed by atoms with E-state index in [1.807, 2.05) is 6.20 Å². The van der Waals surface area contributed by atoms with E-state index in [1.54, 1.807) is 0 Å². The number of hydrogen-bond acceptors (Lipinski definition) is 3. The lowest BCUT2D eigenvalue weighted by Crippen LogP contribution is -2.42. The molecular weight excluding hydrogens is 204 g/mol. The van der Waals surface area contributed by atoms with Gasteiger partial charge in [-0.1, -0.05) is 25.4 Å². The molecule has 0 spiro atoms. The van der Waals surface area contributed by atoms with Gasteiger partial charge >= 0.3 is 0 Å². The van der Waals surface area contributed by atoms with Crippen LogP contribution in [0.15, 0.2) is 6.20 Å². The summed E-state index contributed by atoms with van der Waals surface area (Å²) in [6.07, 6.45) is 4.06. The zero-order valence-corrected chi connectivity index (χ0v) is 9.37. The molecule has 2 N–H and O–H groups in total. The average molecular weight is 217 g/mol. The number of rotatable bonds is 2. The first-order chi connectivity index (χ1) is 5.96. The quantitative estimate of drug-likeness (QED) is 0.826.